The lowest BCUT2D eigenvalue weighted by Gasteiger charge is -2.09. The van der Waals surface area contributed by atoms with Crippen LogP contribution in [0, 0.1) is 0 Å². The molecule has 0 aromatic carbocycles. The summed E-state index contributed by atoms with van der Waals surface area (Å²) in [7, 11) is 0. The van der Waals surface area contributed by atoms with E-state index in [1.165, 1.54) is 0 Å². The number of hydrogen-bond donors (Lipinski definition) is 0. The first-order valence-corrected chi connectivity index (χ1v) is 4.68. The number of rotatable bonds is 4. The summed E-state index contributed by atoms with van der Waals surface area (Å²) >= 11 is 0. The van der Waals surface area contributed by atoms with E-state index in [0.29, 0.717) is 12.3 Å². The highest BCUT2D eigenvalue weighted by molar-refractivity contribution is 5.53. The van der Waals surface area contributed by atoms with Gasteiger partial charge in [0.25, 0.3) is 0 Å². The van der Waals surface area contributed by atoms with Crippen molar-refractivity contribution in [2.45, 2.75) is 39.7 Å². The molecular weight excluding hydrogens is 164 g/mol. The number of carbonyl (C=O) groups excluding carboxylic acids is 1. The third-order valence-corrected chi connectivity index (χ3v) is 2.09. The Morgan fingerprint density at radius 3 is 2.77 bits per heavy atom. The second-order valence-electron chi connectivity index (χ2n) is 3.38. The first-order chi connectivity index (χ1) is 6.20. The van der Waals surface area contributed by atoms with Gasteiger partial charge in [-0.15, -0.1) is 0 Å². The van der Waals surface area contributed by atoms with Gasteiger partial charge in [0.05, 0.1) is 0 Å². The summed E-state index contributed by atoms with van der Waals surface area (Å²) in [5.41, 5.74) is 1.02. The first kappa shape index (κ1) is 9.96. The zero-order chi connectivity index (χ0) is 9.84. The van der Waals surface area contributed by atoms with Crippen molar-refractivity contribution in [3.05, 3.63) is 17.7 Å². The van der Waals surface area contributed by atoms with Crippen LogP contribution in [0.25, 0.3) is 0 Å². The fourth-order valence-corrected chi connectivity index (χ4v) is 1.50. The van der Waals surface area contributed by atoms with Gasteiger partial charge in [-0.25, -0.2) is 4.98 Å². The van der Waals surface area contributed by atoms with Crippen LogP contribution in [-0.2, 0) is 17.8 Å². The van der Waals surface area contributed by atoms with Crippen LogP contribution in [0.1, 0.15) is 38.2 Å². The van der Waals surface area contributed by atoms with Crippen LogP contribution in [0.5, 0.6) is 0 Å². The van der Waals surface area contributed by atoms with Crippen molar-refractivity contribution in [3.63, 3.8) is 0 Å². The molecule has 1 aromatic rings. The molecular formula is C10H16N2O. The molecule has 0 atom stereocenters. The quantitative estimate of drug-likeness (QED) is 0.662. The molecule has 13 heavy (non-hydrogen) atoms. The average Bonchev–Trinajstić information content (AvgIpc) is 2.48. The van der Waals surface area contributed by atoms with E-state index in [1.807, 2.05) is 0 Å². The Kier molecular flexibility index (Phi) is 3.23. The third-order valence-electron chi connectivity index (χ3n) is 2.09. The van der Waals surface area contributed by atoms with Crippen LogP contribution < -0.4 is 0 Å². The van der Waals surface area contributed by atoms with Crippen LogP contribution in [0.15, 0.2) is 6.20 Å². The molecule has 3 heteroatoms. The van der Waals surface area contributed by atoms with Crippen molar-refractivity contribution in [2.75, 3.05) is 0 Å². The molecule has 0 spiro atoms. The molecule has 0 bridgehead atoms. The predicted molar refractivity (Wildman–Crippen MR) is 51.8 cm³/mol. The Morgan fingerprint density at radius 1 is 1.62 bits per heavy atom. The van der Waals surface area contributed by atoms with Crippen molar-refractivity contribution < 1.29 is 4.79 Å². The SMILES string of the molecule is CCn1c(CC=O)cnc1C(C)C. The highest BCUT2D eigenvalue weighted by atomic mass is 16.1. The molecule has 3 nitrogen and oxygen atoms in total. The smallest absolute Gasteiger partial charge is 0.125 e. The summed E-state index contributed by atoms with van der Waals surface area (Å²) < 4.78 is 2.11. The van der Waals surface area contributed by atoms with Crippen molar-refractivity contribution in [1.82, 2.24) is 9.55 Å². The minimum absolute atomic E-state index is 0.417. The van der Waals surface area contributed by atoms with E-state index in [0.717, 1.165) is 24.3 Å². The maximum Gasteiger partial charge on any atom is 0.125 e. The van der Waals surface area contributed by atoms with Crippen molar-refractivity contribution in [3.8, 4) is 0 Å². The molecule has 0 fully saturated rings. The molecule has 0 aliphatic heterocycles. The Hall–Kier alpha value is -1.12. The van der Waals surface area contributed by atoms with E-state index in [9.17, 15) is 4.79 Å². The maximum atomic E-state index is 10.4. The molecule has 0 N–H and O–H groups in total. The molecule has 0 saturated carbocycles. The van der Waals surface area contributed by atoms with Crippen molar-refractivity contribution >= 4 is 6.29 Å². The number of imidazole rings is 1. The Bertz CT molecular complexity index is 289. The summed E-state index contributed by atoms with van der Waals surface area (Å²) in [6.07, 6.45) is 3.19. The van der Waals surface area contributed by atoms with Crippen LogP contribution >= 0.6 is 0 Å². The summed E-state index contributed by atoms with van der Waals surface area (Å²) in [5.74, 6) is 1.49. The number of nitrogens with zero attached hydrogens (tertiary/aromatic N) is 2. The van der Waals surface area contributed by atoms with E-state index >= 15 is 0 Å². The van der Waals surface area contributed by atoms with Crippen LogP contribution in [-0.4, -0.2) is 15.8 Å². The van der Waals surface area contributed by atoms with Gasteiger partial charge in [0.2, 0.25) is 0 Å². The lowest BCUT2D eigenvalue weighted by atomic mass is 10.2. The fourth-order valence-electron chi connectivity index (χ4n) is 1.50. The normalized spacial score (nSPS) is 10.8. The molecule has 0 amide bonds. The van der Waals surface area contributed by atoms with Gasteiger partial charge in [-0.05, 0) is 6.92 Å². The van der Waals surface area contributed by atoms with Gasteiger partial charge in [-0.2, -0.15) is 0 Å². The maximum absolute atomic E-state index is 10.4. The molecule has 0 unspecified atom stereocenters. The topological polar surface area (TPSA) is 34.9 Å². The molecule has 72 valence electrons. The molecule has 0 aliphatic carbocycles. The predicted octanol–water partition coefficient (Wildman–Crippen LogP) is 1.77. The number of aromatic nitrogens is 2. The molecule has 0 radical (unpaired) electrons. The summed E-state index contributed by atoms with van der Waals surface area (Å²) in [5, 5.41) is 0. The summed E-state index contributed by atoms with van der Waals surface area (Å²) in [4.78, 5) is 14.7. The number of hydrogen-bond acceptors (Lipinski definition) is 2. The van der Waals surface area contributed by atoms with Gasteiger partial charge < -0.3 is 9.36 Å². The van der Waals surface area contributed by atoms with E-state index in [2.05, 4.69) is 30.3 Å². The fraction of sp³-hybridized carbons (Fsp3) is 0.600. The molecule has 0 aliphatic rings. The standard InChI is InChI=1S/C10H16N2O/c1-4-12-9(5-6-13)7-11-10(12)8(2)3/h6-8H,4-5H2,1-3H3. The van der Waals surface area contributed by atoms with Crippen LogP contribution in [0.2, 0.25) is 0 Å². The molecule has 1 rings (SSSR count). The van der Waals surface area contributed by atoms with Gasteiger partial charge in [-0.1, -0.05) is 13.8 Å². The highest BCUT2D eigenvalue weighted by Gasteiger charge is 2.10. The third kappa shape index (κ3) is 1.97. The van der Waals surface area contributed by atoms with E-state index in [1.54, 1.807) is 6.20 Å². The van der Waals surface area contributed by atoms with Crippen molar-refractivity contribution in [1.29, 1.82) is 0 Å². The zero-order valence-corrected chi connectivity index (χ0v) is 8.45. The first-order valence-electron chi connectivity index (χ1n) is 4.68. The minimum Gasteiger partial charge on any atom is -0.332 e. The monoisotopic (exact) mass is 180 g/mol. The molecule has 0 saturated heterocycles. The van der Waals surface area contributed by atoms with E-state index in [4.69, 9.17) is 0 Å². The number of aldehydes is 1. The second-order valence-corrected chi connectivity index (χ2v) is 3.38. The van der Waals surface area contributed by atoms with Crippen molar-refractivity contribution in [2.24, 2.45) is 0 Å². The minimum atomic E-state index is 0.417. The zero-order valence-electron chi connectivity index (χ0n) is 8.45. The van der Waals surface area contributed by atoms with Crippen LogP contribution in [0.3, 0.4) is 0 Å². The van der Waals surface area contributed by atoms with Crippen LogP contribution in [0.4, 0.5) is 0 Å². The van der Waals surface area contributed by atoms with E-state index < -0.39 is 0 Å². The van der Waals surface area contributed by atoms with Gasteiger partial charge in [0.1, 0.15) is 12.1 Å². The van der Waals surface area contributed by atoms with Gasteiger partial charge in [0.15, 0.2) is 0 Å². The van der Waals surface area contributed by atoms with Gasteiger partial charge >= 0.3 is 0 Å². The number of carbonyl (C=O) groups is 1. The Morgan fingerprint density at radius 2 is 2.31 bits per heavy atom. The highest BCUT2D eigenvalue weighted by Crippen LogP contribution is 2.15. The summed E-state index contributed by atoms with van der Waals surface area (Å²) in [6, 6.07) is 0. The Labute approximate surface area is 78.8 Å². The summed E-state index contributed by atoms with van der Waals surface area (Å²) in [6.45, 7) is 7.18. The lowest BCUT2D eigenvalue weighted by Crippen LogP contribution is -2.07. The molecule has 1 aromatic heterocycles. The largest absolute Gasteiger partial charge is 0.332 e. The van der Waals surface area contributed by atoms with Gasteiger partial charge in [0, 0.05) is 30.8 Å². The van der Waals surface area contributed by atoms with E-state index in [-0.39, 0.29) is 0 Å². The second kappa shape index (κ2) is 4.21. The van der Waals surface area contributed by atoms with Gasteiger partial charge in [-0.3, -0.25) is 0 Å². The Balaban J connectivity index is 3.02. The average molecular weight is 180 g/mol. The lowest BCUT2D eigenvalue weighted by molar-refractivity contribution is -0.107. The molecule has 1 heterocycles.